The van der Waals surface area contributed by atoms with Gasteiger partial charge in [0.15, 0.2) is 6.10 Å². The molecular weight excluding hydrogens is 1010 g/mol. The number of hydrogen-bond acceptors (Lipinski definition) is 6. The van der Waals surface area contributed by atoms with Crippen LogP contribution < -0.4 is 0 Å². The van der Waals surface area contributed by atoms with Gasteiger partial charge in [-0.3, -0.25) is 14.4 Å². The van der Waals surface area contributed by atoms with Gasteiger partial charge in [0.1, 0.15) is 13.2 Å². The fourth-order valence-electron chi connectivity index (χ4n) is 9.77. The summed E-state index contributed by atoms with van der Waals surface area (Å²) in [5.41, 5.74) is 0. The Kier molecular flexibility index (Phi) is 66.2. The minimum atomic E-state index is -0.802. The van der Waals surface area contributed by atoms with Gasteiger partial charge in [-0.15, -0.1) is 0 Å². The highest BCUT2D eigenvalue weighted by molar-refractivity contribution is 5.71. The molecule has 6 heteroatoms. The van der Waals surface area contributed by atoms with Gasteiger partial charge in [0.2, 0.25) is 0 Å². The first-order valence-electron chi connectivity index (χ1n) is 34.9. The highest BCUT2D eigenvalue weighted by Gasteiger charge is 2.19. The molecule has 0 aromatic rings. The Labute approximate surface area is 508 Å². The molecule has 0 fully saturated rings. The summed E-state index contributed by atoms with van der Waals surface area (Å²) >= 11 is 0. The normalized spacial score (nSPS) is 12.8. The minimum absolute atomic E-state index is 0.0935. The van der Waals surface area contributed by atoms with Crippen LogP contribution in [-0.4, -0.2) is 37.2 Å². The Morgan fingerprint density at radius 2 is 0.476 bits per heavy atom. The lowest BCUT2D eigenvalue weighted by atomic mass is 10.0. The summed E-state index contributed by atoms with van der Waals surface area (Å²) in [5.74, 6) is -0.926. The molecule has 0 bridgehead atoms. The van der Waals surface area contributed by atoms with E-state index in [1.165, 1.54) is 173 Å². The van der Waals surface area contributed by atoms with E-state index in [9.17, 15) is 14.4 Å². The molecule has 1 unspecified atom stereocenters. The molecule has 0 aliphatic heterocycles. The molecule has 0 aliphatic carbocycles. The van der Waals surface area contributed by atoms with Crippen molar-refractivity contribution in [3.8, 4) is 0 Å². The summed E-state index contributed by atoms with van der Waals surface area (Å²) in [6.45, 7) is 6.50. The van der Waals surface area contributed by atoms with Gasteiger partial charge in [0.05, 0.1) is 0 Å². The Hall–Kier alpha value is -3.93. The third kappa shape index (κ3) is 66.9. The second kappa shape index (κ2) is 69.6. The van der Waals surface area contributed by atoms with Crippen molar-refractivity contribution in [2.45, 2.75) is 341 Å². The van der Waals surface area contributed by atoms with E-state index in [-0.39, 0.29) is 37.5 Å². The molecule has 0 aliphatic rings. The van der Waals surface area contributed by atoms with E-state index in [0.29, 0.717) is 12.8 Å². The first-order chi connectivity index (χ1) is 40.5. The van der Waals surface area contributed by atoms with Gasteiger partial charge in [0.25, 0.3) is 0 Å². The molecular formula is C76H130O6. The van der Waals surface area contributed by atoms with Gasteiger partial charge in [-0.1, -0.05) is 297 Å². The van der Waals surface area contributed by atoms with E-state index in [1.807, 2.05) is 0 Å². The number of unbranched alkanes of at least 4 members (excludes halogenated alkanes) is 34. The SMILES string of the molecule is CC/C=C\C/C=C\C/C=C\C/C=C\C/C=C\C/C=C\C/C=C\CCCCCC(=O)OC(COC(=O)CCCCCCC/C=C\CCCCC)COC(=O)CCCCCCCCCCCCCCCCC/C=C\CCCCCCCCCC. The zero-order valence-corrected chi connectivity index (χ0v) is 54.0. The molecule has 0 aromatic heterocycles. The van der Waals surface area contributed by atoms with E-state index in [4.69, 9.17) is 14.2 Å². The van der Waals surface area contributed by atoms with Crippen LogP contribution in [0.3, 0.4) is 0 Å². The lowest BCUT2D eigenvalue weighted by molar-refractivity contribution is -0.167. The van der Waals surface area contributed by atoms with Crippen LogP contribution in [0.5, 0.6) is 0 Å². The van der Waals surface area contributed by atoms with Crippen LogP contribution in [0.15, 0.2) is 109 Å². The van der Waals surface area contributed by atoms with Crippen LogP contribution in [0, 0.1) is 0 Å². The maximum absolute atomic E-state index is 12.9. The quantitative estimate of drug-likeness (QED) is 0.0261. The van der Waals surface area contributed by atoms with Gasteiger partial charge >= 0.3 is 17.9 Å². The largest absolute Gasteiger partial charge is 0.462 e. The lowest BCUT2D eigenvalue weighted by Gasteiger charge is -2.18. The Bertz CT molecular complexity index is 1640. The number of carbonyl (C=O) groups excluding carboxylic acids is 3. The summed E-state index contributed by atoms with van der Waals surface area (Å²) in [7, 11) is 0. The summed E-state index contributed by atoms with van der Waals surface area (Å²) in [5, 5.41) is 0. The van der Waals surface area contributed by atoms with E-state index in [0.717, 1.165) is 122 Å². The fraction of sp³-hybridized carbons (Fsp3) is 0.724. The van der Waals surface area contributed by atoms with E-state index in [1.54, 1.807) is 0 Å². The summed E-state index contributed by atoms with van der Waals surface area (Å²) in [6.07, 6.45) is 95.5. The molecule has 0 heterocycles. The molecule has 6 nitrogen and oxygen atoms in total. The molecule has 0 N–H and O–H groups in total. The average molecular weight is 1140 g/mol. The number of rotatable bonds is 63. The third-order valence-electron chi connectivity index (χ3n) is 15.0. The fourth-order valence-corrected chi connectivity index (χ4v) is 9.77. The average Bonchev–Trinajstić information content (AvgIpc) is 3.47. The summed E-state index contributed by atoms with van der Waals surface area (Å²) in [4.78, 5) is 38.4. The summed E-state index contributed by atoms with van der Waals surface area (Å²) in [6, 6.07) is 0. The molecule has 0 saturated heterocycles. The first-order valence-corrected chi connectivity index (χ1v) is 34.9. The van der Waals surface area contributed by atoms with Crippen molar-refractivity contribution in [1.82, 2.24) is 0 Å². The molecule has 0 spiro atoms. The maximum atomic E-state index is 12.9. The monoisotopic (exact) mass is 1140 g/mol. The van der Waals surface area contributed by atoms with Crippen molar-refractivity contribution in [1.29, 1.82) is 0 Å². The van der Waals surface area contributed by atoms with Crippen molar-refractivity contribution in [2.24, 2.45) is 0 Å². The number of ether oxygens (including phenoxy) is 3. The molecule has 0 amide bonds. The van der Waals surface area contributed by atoms with Crippen LogP contribution in [0.25, 0.3) is 0 Å². The molecule has 1 atom stereocenters. The van der Waals surface area contributed by atoms with Gasteiger partial charge in [-0.25, -0.2) is 0 Å². The molecule has 0 aromatic carbocycles. The highest BCUT2D eigenvalue weighted by atomic mass is 16.6. The van der Waals surface area contributed by atoms with E-state index < -0.39 is 6.10 Å². The zero-order valence-electron chi connectivity index (χ0n) is 54.0. The Balaban J connectivity index is 4.32. The predicted octanol–water partition coefficient (Wildman–Crippen LogP) is 24.2. The van der Waals surface area contributed by atoms with E-state index in [2.05, 4.69) is 130 Å². The number of esters is 3. The maximum Gasteiger partial charge on any atom is 0.306 e. The predicted molar refractivity (Wildman–Crippen MR) is 357 cm³/mol. The van der Waals surface area contributed by atoms with Crippen LogP contribution in [0.4, 0.5) is 0 Å². The van der Waals surface area contributed by atoms with Crippen LogP contribution in [0.1, 0.15) is 335 Å². The van der Waals surface area contributed by atoms with Crippen molar-refractivity contribution in [2.75, 3.05) is 13.2 Å². The van der Waals surface area contributed by atoms with Gasteiger partial charge < -0.3 is 14.2 Å². The second-order valence-corrected chi connectivity index (χ2v) is 23.1. The molecule has 0 radical (unpaired) electrons. The lowest BCUT2D eigenvalue weighted by Crippen LogP contribution is -2.30. The number of hydrogen-bond donors (Lipinski definition) is 0. The van der Waals surface area contributed by atoms with Crippen molar-refractivity contribution in [3.63, 3.8) is 0 Å². The highest BCUT2D eigenvalue weighted by Crippen LogP contribution is 2.17. The van der Waals surface area contributed by atoms with Crippen LogP contribution in [0.2, 0.25) is 0 Å². The Morgan fingerprint density at radius 3 is 0.793 bits per heavy atom. The minimum Gasteiger partial charge on any atom is -0.462 e. The van der Waals surface area contributed by atoms with Gasteiger partial charge in [-0.05, 0) is 128 Å². The second-order valence-electron chi connectivity index (χ2n) is 23.1. The van der Waals surface area contributed by atoms with Gasteiger partial charge in [0, 0.05) is 19.3 Å². The zero-order chi connectivity index (χ0) is 59.2. The smallest absolute Gasteiger partial charge is 0.306 e. The van der Waals surface area contributed by atoms with Crippen molar-refractivity contribution < 1.29 is 28.6 Å². The summed E-state index contributed by atoms with van der Waals surface area (Å²) < 4.78 is 16.9. The molecule has 82 heavy (non-hydrogen) atoms. The molecule has 0 saturated carbocycles. The van der Waals surface area contributed by atoms with Crippen molar-refractivity contribution in [3.05, 3.63) is 109 Å². The molecule has 470 valence electrons. The van der Waals surface area contributed by atoms with Crippen LogP contribution in [-0.2, 0) is 28.6 Å². The number of allylic oxidation sites excluding steroid dienone is 18. The third-order valence-corrected chi connectivity index (χ3v) is 15.0. The molecule has 0 rings (SSSR count). The number of carbonyl (C=O) groups is 3. The topological polar surface area (TPSA) is 78.9 Å². The standard InChI is InChI=1S/C76H130O6/c1-4-7-10-13-16-19-22-25-27-29-31-33-35-37-38-40-41-43-45-47-49-51-54-57-60-63-66-69-75(78)81-72-73(71-80-74(77)68-65-62-59-56-53-24-21-18-15-12-9-6-3)82-76(79)70-67-64-61-58-55-52-50-48-46-44-42-39-36-34-32-30-28-26-23-20-17-14-11-8-5-2/h8,11,17-18,20-21,26,28-29,31-32,34,39,42,46,48,52,55,73H,4-7,9-10,12-16,19,22-25,27,30,33,35-38,40-41,43-45,47,49-51,53-54,56-72H2,1-3H3/b11-8-,20-17-,21-18-,28-26-,31-29-,34-32-,42-39-,48-46-,55-52-. The first kappa shape index (κ1) is 78.1. The van der Waals surface area contributed by atoms with Crippen LogP contribution >= 0.6 is 0 Å². The van der Waals surface area contributed by atoms with Gasteiger partial charge in [-0.2, -0.15) is 0 Å². The Morgan fingerprint density at radius 1 is 0.256 bits per heavy atom. The van der Waals surface area contributed by atoms with Crippen molar-refractivity contribution >= 4 is 17.9 Å². The van der Waals surface area contributed by atoms with E-state index >= 15 is 0 Å².